The first-order valence-electron chi connectivity index (χ1n) is 8.54. The van der Waals surface area contributed by atoms with E-state index in [4.69, 9.17) is 10.00 Å². The number of carbonyl (C=O) groups is 2. The van der Waals surface area contributed by atoms with Crippen molar-refractivity contribution in [2.24, 2.45) is 0 Å². The third-order valence-electron chi connectivity index (χ3n) is 4.39. The highest BCUT2D eigenvalue weighted by Gasteiger charge is 2.31. The fourth-order valence-electron chi connectivity index (χ4n) is 3.07. The Morgan fingerprint density at radius 3 is 2.69 bits per heavy atom. The zero-order valence-electron chi connectivity index (χ0n) is 14.9. The summed E-state index contributed by atoms with van der Waals surface area (Å²) in [5.41, 5.74) is 3.82. The zero-order chi connectivity index (χ0) is 18.7. The van der Waals surface area contributed by atoms with Crippen LogP contribution in [-0.4, -0.2) is 39.7 Å². The maximum atomic E-state index is 12.4. The molecule has 0 unspecified atom stereocenters. The van der Waals surface area contributed by atoms with Crippen LogP contribution in [0.2, 0.25) is 0 Å². The van der Waals surface area contributed by atoms with Gasteiger partial charge in [-0.3, -0.25) is 4.79 Å². The van der Waals surface area contributed by atoms with Crippen LogP contribution in [0.15, 0.2) is 24.3 Å². The zero-order valence-corrected chi connectivity index (χ0v) is 14.9. The van der Waals surface area contributed by atoms with Gasteiger partial charge >= 0.3 is 5.97 Å². The van der Waals surface area contributed by atoms with Crippen LogP contribution in [0.3, 0.4) is 0 Å². The maximum absolute atomic E-state index is 12.4. The van der Waals surface area contributed by atoms with E-state index < -0.39 is 5.97 Å². The van der Waals surface area contributed by atoms with Gasteiger partial charge in [0.25, 0.3) is 0 Å². The van der Waals surface area contributed by atoms with Gasteiger partial charge in [0.05, 0.1) is 24.1 Å². The molecule has 2 heterocycles. The molecule has 0 atom stereocenters. The molecule has 7 nitrogen and oxygen atoms in total. The highest BCUT2D eigenvalue weighted by molar-refractivity contribution is 5.90. The second-order valence-corrected chi connectivity index (χ2v) is 6.14. The first-order chi connectivity index (χ1) is 12.5. The summed E-state index contributed by atoms with van der Waals surface area (Å²) < 4.78 is 6.89. The number of hydrogen-bond acceptors (Lipinski definition) is 5. The molecule has 1 aromatic carbocycles. The summed E-state index contributed by atoms with van der Waals surface area (Å²) in [6.07, 6.45) is 0.392. The SMILES string of the molecule is CCOC(=O)c1nn(-c2ccc(C)cc2)c2c1CN(C(=O)CC#N)CC2. The van der Waals surface area contributed by atoms with E-state index in [1.54, 1.807) is 16.5 Å². The average Bonchev–Trinajstić information content (AvgIpc) is 3.02. The summed E-state index contributed by atoms with van der Waals surface area (Å²) in [4.78, 5) is 26.0. The third kappa shape index (κ3) is 3.31. The van der Waals surface area contributed by atoms with Crippen molar-refractivity contribution in [2.75, 3.05) is 13.2 Å². The monoisotopic (exact) mass is 352 g/mol. The van der Waals surface area contributed by atoms with E-state index >= 15 is 0 Å². The van der Waals surface area contributed by atoms with Crippen LogP contribution in [0.5, 0.6) is 0 Å². The molecule has 0 saturated carbocycles. The molecule has 134 valence electrons. The standard InChI is InChI=1S/C19H20N4O3/c1-3-26-19(25)18-15-12-22(17(24)8-10-20)11-9-16(15)23(21-18)14-6-4-13(2)5-7-14/h4-7H,3,8-9,11-12H2,1-2H3. The number of hydrogen-bond donors (Lipinski definition) is 0. The van der Waals surface area contributed by atoms with Crippen molar-refractivity contribution < 1.29 is 14.3 Å². The minimum absolute atomic E-state index is 0.170. The molecule has 0 aliphatic carbocycles. The molecule has 1 aliphatic heterocycles. The molecule has 0 bridgehead atoms. The fraction of sp³-hybridized carbons (Fsp3) is 0.368. The molecule has 0 fully saturated rings. The van der Waals surface area contributed by atoms with Crippen molar-refractivity contribution >= 4 is 11.9 Å². The van der Waals surface area contributed by atoms with Gasteiger partial charge in [0.2, 0.25) is 5.91 Å². The van der Waals surface area contributed by atoms with Gasteiger partial charge in [0.1, 0.15) is 6.42 Å². The lowest BCUT2D eigenvalue weighted by Gasteiger charge is -2.27. The molecule has 3 rings (SSSR count). The summed E-state index contributed by atoms with van der Waals surface area (Å²) in [5, 5.41) is 13.3. The summed E-state index contributed by atoms with van der Waals surface area (Å²) in [6.45, 7) is 4.75. The number of carbonyl (C=O) groups excluding carboxylic acids is 2. The Morgan fingerprint density at radius 1 is 1.31 bits per heavy atom. The summed E-state index contributed by atoms with van der Waals surface area (Å²) in [5.74, 6) is -0.736. The predicted octanol–water partition coefficient (Wildman–Crippen LogP) is 2.16. The van der Waals surface area contributed by atoms with Crippen molar-refractivity contribution in [1.82, 2.24) is 14.7 Å². The number of amides is 1. The van der Waals surface area contributed by atoms with Gasteiger partial charge in [-0.1, -0.05) is 17.7 Å². The van der Waals surface area contributed by atoms with E-state index in [-0.39, 0.29) is 31.2 Å². The third-order valence-corrected chi connectivity index (χ3v) is 4.39. The van der Waals surface area contributed by atoms with Gasteiger partial charge < -0.3 is 9.64 Å². The molecule has 1 aromatic heterocycles. The van der Waals surface area contributed by atoms with Gasteiger partial charge in [-0.05, 0) is 26.0 Å². The maximum Gasteiger partial charge on any atom is 0.359 e. The van der Waals surface area contributed by atoms with Crippen LogP contribution in [0.1, 0.15) is 40.7 Å². The van der Waals surface area contributed by atoms with Crippen LogP contribution < -0.4 is 0 Å². The van der Waals surface area contributed by atoms with Crippen LogP contribution in [-0.2, 0) is 22.5 Å². The number of esters is 1. The van der Waals surface area contributed by atoms with E-state index in [1.807, 2.05) is 37.3 Å². The molecule has 2 aromatic rings. The van der Waals surface area contributed by atoms with Crippen LogP contribution >= 0.6 is 0 Å². The Kier molecular flexibility index (Phi) is 5.03. The molecule has 0 radical (unpaired) electrons. The second kappa shape index (κ2) is 7.40. The largest absolute Gasteiger partial charge is 0.461 e. The lowest BCUT2D eigenvalue weighted by Crippen LogP contribution is -2.36. The minimum Gasteiger partial charge on any atom is -0.461 e. The smallest absolute Gasteiger partial charge is 0.359 e. The molecule has 0 spiro atoms. The lowest BCUT2D eigenvalue weighted by atomic mass is 10.0. The highest BCUT2D eigenvalue weighted by atomic mass is 16.5. The molecule has 7 heteroatoms. The van der Waals surface area contributed by atoms with Crippen molar-refractivity contribution in [3.05, 3.63) is 46.8 Å². The first kappa shape index (κ1) is 17.7. The number of aromatic nitrogens is 2. The number of rotatable bonds is 4. The van der Waals surface area contributed by atoms with E-state index in [1.165, 1.54) is 0 Å². The van der Waals surface area contributed by atoms with Gasteiger partial charge in [-0.2, -0.15) is 10.4 Å². The normalized spacial score (nSPS) is 13.0. The van der Waals surface area contributed by atoms with Crippen molar-refractivity contribution in [3.8, 4) is 11.8 Å². The number of benzene rings is 1. The Morgan fingerprint density at radius 2 is 2.04 bits per heavy atom. The van der Waals surface area contributed by atoms with Crippen LogP contribution in [0, 0.1) is 18.3 Å². The van der Waals surface area contributed by atoms with Crippen molar-refractivity contribution in [2.45, 2.75) is 33.2 Å². The topological polar surface area (TPSA) is 88.2 Å². The van der Waals surface area contributed by atoms with E-state index in [0.717, 1.165) is 16.9 Å². The predicted molar refractivity (Wildman–Crippen MR) is 93.6 cm³/mol. The van der Waals surface area contributed by atoms with Crippen molar-refractivity contribution in [3.63, 3.8) is 0 Å². The van der Waals surface area contributed by atoms with E-state index in [0.29, 0.717) is 18.5 Å². The summed E-state index contributed by atoms with van der Waals surface area (Å²) in [7, 11) is 0. The Labute approximate surface area is 151 Å². The molecule has 1 amide bonds. The van der Waals surface area contributed by atoms with Crippen molar-refractivity contribution in [1.29, 1.82) is 5.26 Å². The molecular formula is C19H20N4O3. The van der Waals surface area contributed by atoms with Gasteiger partial charge in [-0.15, -0.1) is 0 Å². The quantitative estimate of drug-likeness (QED) is 0.787. The number of aryl methyl sites for hydroxylation is 1. The molecule has 0 N–H and O–H groups in total. The summed E-state index contributed by atoms with van der Waals surface area (Å²) >= 11 is 0. The second-order valence-electron chi connectivity index (χ2n) is 6.14. The molecular weight excluding hydrogens is 332 g/mol. The van der Waals surface area contributed by atoms with Crippen LogP contribution in [0.4, 0.5) is 0 Å². The van der Waals surface area contributed by atoms with Gasteiger partial charge in [-0.25, -0.2) is 9.48 Å². The van der Waals surface area contributed by atoms with Gasteiger partial charge in [0, 0.05) is 25.1 Å². The summed E-state index contributed by atoms with van der Waals surface area (Å²) in [6, 6.07) is 9.75. The Hall–Kier alpha value is -3.14. The highest BCUT2D eigenvalue weighted by Crippen LogP contribution is 2.26. The Balaban J connectivity index is 2.03. The number of nitrogens with zero attached hydrogens (tertiary/aromatic N) is 4. The lowest BCUT2D eigenvalue weighted by molar-refractivity contribution is -0.131. The Bertz CT molecular complexity index is 877. The average molecular weight is 352 g/mol. The van der Waals surface area contributed by atoms with Gasteiger partial charge in [0.15, 0.2) is 5.69 Å². The molecule has 1 aliphatic rings. The van der Waals surface area contributed by atoms with E-state index in [9.17, 15) is 9.59 Å². The molecule has 26 heavy (non-hydrogen) atoms. The van der Waals surface area contributed by atoms with Crippen LogP contribution in [0.25, 0.3) is 5.69 Å². The minimum atomic E-state index is -0.496. The van der Waals surface area contributed by atoms with E-state index in [2.05, 4.69) is 5.10 Å². The number of fused-ring (bicyclic) bond motifs is 1. The number of nitriles is 1. The fourth-order valence-corrected chi connectivity index (χ4v) is 3.07. The number of ether oxygens (including phenoxy) is 1. The first-order valence-corrected chi connectivity index (χ1v) is 8.54. The molecule has 0 saturated heterocycles.